The zero-order valence-corrected chi connectivity index (χ0v) is 9.41. The van der Waals surface area contributed by atoms with Gasteiger partial charge in [0.2, 0.25) is 0 Å². The molecule has 1 aromatic rings. The first-order valence-corrected chi connectivity index (χ1v) is 5.06. The van der Waals surface area contributed by atoms with Crippen molar-refractivity contribution in [2.75, 3.05) is 5.73 Å². The van der Waals surface area contributed by atoms with E-state index in [0.29, 0.717) is 12.2 Å². The van der Waals surface area contributed by atoms with Gasteiger partial charge in [0.1, 0.15) is 5.69 Å². The minimum atomic E-state index is -0.412. The number of hydrogen-bond acceptors (Lipinski definition) is 3. The summed E-state index contributed by atoms with van der Waals surface area (Å²) in [6.45, 7) is 4.36. The predicted molar refractivity (Wildman–Crippen MR) is 60.0 cm³/mol. The van der Waals surface area contributed by atoms with E-state index in [1.807, 2.05) is 6.92 Å². The maximum Gasteiger partial charge on any atom is 0.331 e. The van der Waals surface area contributed by atoms with E-state index in [9.17, 15) is 9.59 Å². The molecule has 0 fully saturated rings. The van der Waals surface area contributed by atoms with Crippen LogP contribution in [0.4, 0.5) is 5.69 Å². The average molecular weight is 211 g/mol. The molecule has 1 rings (SSSR count). The van der Waals surface area contributed by atoms with Crippen LogP contribution in [0.5, 0.6) is 0 Å². The number of nitrogens with two attached hydrogens (primary N) is 1. The average Bonchev–Trinajstić information content (AvgIpc) is 2.24. The van der Waals surface area contributed by atoms with Gasteiger partial charge in [-0.1, -0.05) is 13.3 Å². The van der Waals surface area contributed by atoms with Crippen molar-refractivity contribution in [1.82, 2.24) is 9.13 Å². The molecule has 0 saturated heterocycles. The quantitative estimate of drug-likeness (QED) is 0.778. The van der Waals surface area contributed by atoms with Crippen LogP contribution in [0.2, 0.25) is 0 Å². The molecule has 0 atom stereocenters. The van der Waals surface area contributed by atoms with Crippen molar-refractivity contribution in [1.29, 1.82) is 0 Å². The molecular weight excluding hydrogens is 194 g/mol. The molecule has 0 aliphatic heterocycles. The van der Waals surface area contributed by atoms with Crippen LogP contribution in [0.25, 0.3) is 0 Å². The molecule has 1 aromatic heterocycles. The molecule has 0 radical (unpaired) electrons. The lowest BCUT2D eigenvalue weighted by atomic mass is 10.3. The number of anilines is 1. The molecule has 0 unspecified atom stereocenters. The van der Waals surface area contributed by atoms with Crippen LogP contribution >= 0.6 is 0 Å². The molecule has 0 aromatic carbocycles. The second kappa shape index (κ2) is 4.33. The maximum absolute atomic E-state index is 11.7. The Balaban J connectivity index is 3.39. The van der Waals surface area contributed by atoms with Crippen molar-refractivity contribution in [3.05, 3.63) is 26.5 Å². The Bertz CT molecular complexity index is 471. The van der Waals surface area contributed by atoms with Gasteiger partial charge in [0.05, 0.1) is 0 Å². The molecule has 84 valence electrons. The molecule has 0 aliphatic rings. The minimum absolute atomic E-state index is 0.160. The first-order valence-electron chi connectivity index (χ1n) is 5.06. The molecule has 0 aliphatic carbocycles. The third-order valence-corrected chi connectivity index (χ3v) is 2.58. The summed E-state index contributed by atoms with van der Waals surface area (Å²) in [6.07, 6.45) is 1.90. The van der Waals surface area contributed by atoms with Gasteiger partial charge in [0, 0.05) is 19.3 Å². The van der Waals surface area contributed by atoms with E-state index < -0.39 is 5.56 Å². The SMILES string of the molecule is CCCCn1c(C)c(N)c(=O)n(C)c1=O. The number of rotatable bonds is 3. The Morgan fingerprint density at radius 1 is 1.33 bits per heavy atom. The molecule has 15 heavy (non-hydrogen) atoms. The minimum Gasteiger partial charge on any atom is -0.393 e. The van der Waals surface area contributed by atoms with Gasteiger partial charge in [0.25, 0.3) is 5.56 Å². The van der Waals surface area contributed by atoms with Crippen LogP contribution in [0.3, 0.4) is 0 Å². The second-order valence-corrected chi connectivity index (χ2v) is 3.65. The van der Waals surface area contributed by atoms with Gasteiger partial charge >= 0.3 is 5.69 Å². The van der Waals surface area contributed by atoms with E-state index in [4.69, 9.17) is 5.73 Å². The fourth-order valence-corrected chi connectivity index (χ4v) is 1.47. The van der Waals surface area contributed by atoms with E-state index >= 15 is 0 Å². The molecule has 5 nitrogen and oxygen atoms in total. The van der Waals surface area contributed by atoms with E-state index in [0.717, 1.165) is 17.4 Å². The number of nitrogen functional groups attached to an aromatic ring is 1. The zero-order valence-electron chi connectivity index (χ0n) is 9.41. The summed E-state index contributed by atoms with van der Waals surface area (Å²) < 4.78 is 2.61. The molecule has 0 spiro atoms. The summed E-state index contributed by atoms with van der Waals surface area (Å²) >= 11 is 0. The third-order valence-electron chi connectivity index (χ3n) is 2.58. The molecule has 0 amide bonds. The smallest absolute Gasteiger partial charge is 0.331 e. The number of aromatic nitrogens is 2. The number of unbranched alkanes of at least 4 members (excludes halogenated alkanes) is 1. The maximum atomic E-state index is 11.7. The summed E-state index contributed by atoms with van der Waals surface area (Å²) in [4.78, 5) is 23.2. The van der Waals surface area contributed by atoms with Crippen molar-refractivity contribution in [3.8, 4) is 0 Å². The highest BCUT2D eigenvalue weighted by atomic mass is 16.2. The van der Waals surface area contributed by atoms with Crippen molar-refractivity contribution >= 4 is 5.69 Å². The lowest BCUT2D eigenvalue weighted by Gasteiger charge is -2.12. The highest BCUT2D eigenvalue weighted by molar-refractivity contribution is 5.39. The molecule has 5 heteroatoms. The van der Waals surface area contributed by atoms with Crippen LogP contribution in [0.15, 0.2) is 9.59 Å². The fourth-order valence-electron chi connectivity index (χ4n) is 1.47. The lowest BCUT2D eigenvalue weighted by Crippen LogP contribution is -2.40. The summed E-state index contributed by atoms with van der Waals surface area (Å²) in [5, 5.41) is 0. The molecule has 2 N–H and O–H groups in total. The first kappa shape index (κ1) is 11.6. The largest absolute Gasteiger partial charge is 0.393 e. The number of hydrogen-bond donors (Lipinski definition) is 1. The molecule has 0 bridgehead atoms. The Morgan fingerprint density at radius 2 is 1.93 bits per heavy atom. The number of nitrogens with zero attached hydrogens (tertiary/aromatic N) is 2. The van der Waals surface area contributed by atoms with E-state index in [1.165, 1.54) is 7.05 Å². The van der Waals surface area contributed by atoms with Crippen LogP contribution in [0, 0.1) is 6.92 Å². The molecule has 0 saturated carbocycles. The van der Waals surface area contributed by atoms with Crippen molar-refractivity contribution < 1.29 is 0 Å². The molecule has 1 heterocycles. The van der Waals surface area contributed by atoms with E-state index in [2.05, 4.69) is 0 Å². The van der Waals surface area contributed by atoms with Gasteiger partial charge < -0.3 is 5.73 Å². The van der Waals surface area contributed by atoms with Crippen LogP contribution in [-0.2, 0) is 13.6 Å². The Kier molecular flexibility index (Phi) is 3.34. The van der Waals surface area contributed by atoms with Crippen molar-refractivity contribution in [3.63, 3.8) is 0 Å². The van der Waals surface area contributed by atoms with E-state index in [1.54, 1.807) is 11.5 Å². The van der Waals surface area contributed by atoms with Crippen LogP contribution < -0.4 is 17.0 Å². The normalized spacial score (nSPS) is 10.6. The highest BCUT2D eigenvalue weighted by Crippen LogP contribution is 2.02. The van der Waals surface area contributed by atoms with Gasteiger partial charge in [0.15, 0.2) is 0 Å². The third kappa shape index (κ3) is 1.95. The Morgan fingerprint density at radius 3 is 2.47 bits per heavy atom. The molecular formula is C10H17N3O2. The summed E-state index contributed by atoms with van der Waals surface area (Å²) in [7, 11) is 1.45. The van der Waals surface area contributed by atoms with Crippen molar-refractivity contribution in [2.45, 2.75) is 33.2 Å². The second-order valence-electron chi connectivity index (χ2n) is 3.65. The van der Waals surface area contributed by atoms with Gasteiger partial charge in [-0.25, -0.2) is 4.79 Å². The summed E-state index contributed by atoms with van der Waals surface area (Å²) in [5.41, 5.74) is 5.65. The van der Waals surface area contributed by atoms with Gasteiger partial charge in [-0.3, -0.25) is 13.9 Å². The zero-order chi connectivity index (χ0) is 11.6. The fraction of sp³-hybridized carbons (Fsp3) is 0.600. The predicted octanol–water partition coefficient (Wildman–Crippen LogP) is 0.238. The monoisotopic (exact) mass is 211 g/mol. The van der Waals surface area contributed by atoms with Crippen molar-refractivity contribution in [2.24, 2.45) is 7.05 Å². The first-order chi connectivity index (χ1) is 7.00. The lowest BCUT2D eigenvalue weighted by molar-refractivity contribution is 0.555. The van der Waals surface area contributed by atoms with Gasteiger partial charge in [-0.05, 0) is 13.3 Å². The summed E-state index contributed by atoms with van der Waals surface area (Å²) in [5.74, 6) is 0. The van der Waals surface area contributed by atoms with E-state index in [-0.39, 0.29) is 11.4 Å². The van der Waals surface area contributed by atoms with Gasteiger partial charge in [-0.2, -0.15) is 0 Å². The summed E-state index contributed by atoms with van der Waals surface area (Å²) in [6, 6.07) is 0. The highest BCUT2D eigenvalue weighted by Gasteiger charge is 2.10. The van der Waals surface area contributed by atoms with Crippen LogP contribution in [0.1, 0.15) is 25.5 Å². The topological polar surface area (TPSA) is 70.0 Å². The van der Waals surface area contributed by atoms with Gasteiger partial charge in [-0.15, -0.1) is 0 Å². The Labute approximate surface area is 88.1 Å². The Hall–Kier alpha value is -1.52. The van der Waals surface area contributed by atoms with Crippen LogP contribution in [-0.4, -0.2) is 9.13 Å². The standard InChI is InChI=1S/C10H17N3O2/c1-4-5-6-13-7(2)8(11)9(14)12(3)10(13)15/h4-6,11H2,1-3H3.